The molecule has 1 aliphatic heterocycles. The van der Waals surface area contributed by atoms with Crippen LogP contribution in [0.25, 0.3) is 0 Å². The largest absolute Gasteiger partial charge is 0.326 e. The lowest BCUT2D eigenvalue weighted by molar-refractivity contribution is -0.922. The number of carbonyl (C=O) groups excluding carboxylic acids is 1. The van der Waals surface area contributed by atoms with E-state index in [1.54, 1.807) is 0 Å². The molecule has 1 fully saturated rings. The van der Waals surface area contributed by atoms with Crippen LogP contribution in [-0.4, -0.2) is 24.9 Å². The van der Waals surface area contributed by atoms with Gasteiger partial charge in [0.1, 0.15) is 6.54 Å². The Bertz CT molecular complexity index is 391. The number of carbonyl (C=O) groups is 1. The van der Waals surface area contributed by atoms with E-state index in [1.807, 2.05) is 12.1 Å². The fourth-order valence-corrected chi connectivity index (χ4v) is 3.61. The molecule has 0 saturated carbocycles. The van der Waals surface area contributed by atoms with Crippen LogP contribution in [0.3, 0.4) is 0 Å². The number of nitrogens with one attached hydrogen (secondary N) is 1. The van der Waals surface area contributed by atoms with Gasteiger partial charge >= 0.3 is 0 Å². The Morgan fingerprint density at radius 1 is 1.53 bits per heavy atom. The number of hydrogen-bond acceptors (Lipinski definition) is 2. The van der Waals surface area contributed by atoms with E-state index in [4.69, 9.17) is 11.6 Å². The minimum absolute atomic E-state index is 0.247. The monoisotopic (exact) mass is 272 g/mol. The predicted molar refractivity (Wildman–Crippen MR) is 72.3 cm³/mol. The summed E-state index contributed by atoms with van der Waals surface area (Å²) in [6.07, 6.45) is 5.02. The second-order valence-electron chi connectivity index (χ2n) is 4.71. The van der Waals surface area contributed by atoms with Crippen LogP contribution in [0.5, 0.6) is 0 Å². The zero-order valence-electron chi connectivity index (χ0n) is 10.2. The van der Waals surface area contributed by atoms with Gasteiger partial charge in [-0.15, -0.1) is 11.3 Å². The number of Topliss-reactive ketones (excluding diaryl/α,β-unsaturated/α-hetero) is 1. The van der Waals surface area contributed by atoms with Gasteiger partial charge in [-0.25, -0.2) is 0 Å². The third-order valence-electron chi connectivity index (χ3n) is 3.61. The number of hydrogen-bond donors (Lipinski definition) is 1. The molecule has 4 heteroatoms. The van der Waals surface area contributed by atoms with Crippen LogP contribution < -0.4 is 4.90 Å². The molecule has 1 aromatic rings. The lowest BCUT2D eigenvalue weighted by Gasteiger charge is -2.31. The molecule has 0 aromatic carbocycles. The molecule has 2 nitrogen and oxygen atoms in total. The van der Waals surface area contributed by atoms with Crippen LogP contribution >= 0.6 is 22.9 Å². The van der Waals surface area contributed by atoms with Gasteiger partial charge in [-0.2, -0.15) is 0 Å². The van der Waals surface area contributed by atoms with Gasteiger partial charge in [-0.1, -0.05) is 18.5 Å². The molecule has 1 aromatic heterocycles. The van der Waals surface area contributed by atoms with Crippen LogP contribution in [-0.2, 0) is 0 Å². The van der Waals surface area contributed by atoms with E-state index < -0.39 is 0 Å². The zero-order chi connectivity index (χ0) is 12.3. The first-order chi connectivity index (χ1) is 8.20. The number of rotatable bonds is 4. The standard InChI is InChI=1S/C13H18ClNOS/c1-2-10-5-3-4-8-15(10)9-11(16)12-6-7-13(14)17-12/h6-7,10H,2-5,8-9H2,1H3/p+1/t10-/m0/s1. The Morgan fingerprint density at radius 3 is 3.00 bits per heavy atom. The van der Waals surface area contributed by atoms with Gasteiger partial charge in [0.2, 0.25) is 5.78 Å². The van der Waals surface area contributed by atoms with E-state index in [0.29, 0.717) is 16.9 Å². The molecule has 94 valence electrons. The molecule has 17 heavy (non-hydrogen) atoms. The van der Waals surface area contributed by atoms with Gasteiger partial charge in [-0.3, -0.25) is 4.79 Å². The highest BCUT2D eigenvalue weighted by Gasteiger charge is 2.27. The average molecular weight is 273 g/mol. The summed E-state index contributed by atoms with van der Waals surface area (Å²) in [4.78, 5) is 14.4. The Labute approximate surface area is 112 Å². The van der Waals surface area contributed by atoms with Crippen molar-refractivity contribution in [3.63, 3.8) is 0 Å². The van der Waals surface area contributed by atoms with Crippen molar-refractivity contribution in [2.75, 3.05) is 13.1 Å². The first-order valence-corrected chi connectivity index (χ1v) is 7.53. The Balaban J connectivity index is 1.97. The maximum absolute atomic E-state index is 12.1. The van der Waals surface area contributed by atoms with Gasteiger partial charge in [0.05, 0.1) is 21.8 Å². The summed E-state index contributed by atoms with van der Waals surface area (Å²) < 4.78 is 0.703. The second-order valence-corrected chi connectivity index (χ2v) is 6.43. The van der Waals surface area contributed by atoms with Crippen molar-refractivity contribution in [3.05, 3.63) is 21.3 Å². The highest BCUT2D eigenvalue weighted by Crippen LogP contribution is 2.21. The summed E-state index contributed by atoms with van der Waals surface area (Å²) in [6, 6.07) is 4.32. The maximum Gasteiger partial charge on any atom is 0.226 e. The number of thiophene rings is 1. The summed E-state index contributed by atoms with van der Waals surface area (Å²) in [5.74, 6) is 0.247. The Morgan fingerprint density at radius 2 is 2.35 bits per heavy atom. The number of likely N-dealkylation sites (tertiary alicyclic amines) is 1. The van der Waals surface area contributed by atoms with Gasteiger partial charge in [0.25, 0.3) is 0 Å². The average Bonchev–Trinajstić information content (AvgIpc) is 2.77. The molecular weight excluding hydrogens is 254 g/mol. The molecule has 1 unspecified atom stereocenters. The SMILES string of the molecule is CC[C@H]1CCCC[NH+]1CC(=O)c1ccc(Cl)s1. The van der Waals surface area contributed by atoms with E-state index in [0.717, 1.165) is 11.4 Å². The molecule has 0 amide bonds. The lowest BCUT2D eigenvalue weighted by Crippen LogP contribution is -3.17. The van der Waals surface area contributed by atoms with E-state index in [-0.39, 0.29) is 5.78 Å². The molecule has 1 N–H and O–H groups in total. The van der Waals surface area contributed by atoms with Crippen molar-refractivity contribution in [3.8, 4) is 0 Å². The third kappa shape index (κ3) is 3.30. The maximum atomic E-state index is 12.1. The van der Waals surface area contributed by atoms with Gasteiger partial charge < -0.3 is 4.90 Å². The smallest absolute Gasteiger partial charge is 0.226 e. The van der Waals surface area contributed by atoms with Crippen LogP contribution in [0, 0.1) is 0 Å². The highest BCUT2D eigenvalue weighted by atomic mass is 35.5. The molecule has 0 bridgehead atoms. The van der Waals surface area contributed by atoms with Crippen LogP contribution in [0.1, 0.15) is 42.3 Å². The summed E-state index contributed by atoms with van der Waals surface area (Å²) >= 11 is 7.26. The molecular formula is C13H19ClNOS+. The van der Waals surface area contributed by atoms with E-state index in [9.17, 15) is 4.79 Å². The molecule has 1 aliphatic rings. The summed E-state index contributed by atoms with van der Waals surface area (Å²) in [6.45, 7) is 4.00. The topological polar surface area (TPSA) is 21.5 Å². The quantitative estimate of drug-likeness (QED) is 0.836. The molecule has 2 heterocycles. The molecule has 0 radical (unpaired) electrons. The summed E-state index contributed by atoms with van der Waals surface area (Å²) in [7, 11) is 0. The Hall–Kier alpha value is -0.380. The zero-order valence-corrected chi connectivity index (χ0v) is 11.7. The number of piperidine rings is 1. The van der Waals surface area contributed by atoms with Gasteiger partial charge in [0, 0.05) is 0 Å². The van der Waals surface area contributed by atoms with Crippen LogP contribution in [0.2, 0.25) is 4.34 Å². The van der Waals surface area contributed by atoms with Crippen molar-refractivity contribution in [2.24, 2.45) is 0 Å². The van der Waals surface area contributed by atoms with Crippen molar-refractivity contribution in [1.82, 2.24) is 0 Å². The van der Waals surface area contributed by atoms with Crippen molar-refractivity contribution in [1.29, 1.82) is 0 Å². The van der Waals surface area contributed by atoms with Crippen LogP contribution in [0.15, 0.2) is 12.1 Å². The molecule has 2 atom stereocenters. The van der Waals surface area contributed by atoms with E-state index in [1.165, 1.54) is 41.9 Å². The molecule has 0 aliphatic carbocycles. The molecule has 2 rings (SSSR count). The minimum atomic E-state index is 0.247. The lowest BCUT2D eigenvalue weighted by atomic mass is 10.00. The molecule has 1 saturated heterocycles. The van der Waals surface area contributed by atoms with E-state index in [2.05, 4.69) is 6.92 Å². The first kappa shape index (κ1) is 13.1. The van der Waals surface area contributed by atoms with Gasteiger partial charge in [0.15, 0.2) is 0 Å². The van der Waals surface area contributed by atoms with Crippen molar-refractivity contribution < 1.29 is 9.69 Å². The van der Waals surface area contributed by atoms with E-state index >= 15 is 0 Å². The number of ketones is 1. The number of quaternary nitrogens is 1. The van der Waals surface area contributed by atoms with Crippen LogP contribution in [0.4, 0.5) is 0 Å². The van der Waals surface area contributed by atoms with Crippen molar-refractivity contribution in [2.45, 2.75) is 38.6 Å². The normalized spacial score (nSPS) is 24.8. The fourth-order valence-electron chi connectivity index (χ4n) is 2.63. The minimum Gasteiger partial charge on any atom is -0.326 e. The second kappa shape index (κ2) is 5.98. The van der Waals surface area contributed by atoms with Gasteiger partial charge in [-0.05, 0) is 37.8 Å². The Kier molecular flexibility index (Phi) is 4.60. The summed E-state index contributed by atoms with van der Waals surface area (Å²) in [5, 5.41) is 0. The summed E-state index contributed by atoms with van der Waals surface area (Å²) in [5.41, 5.74) is 0. The number of halogens is 1. The molecule has 0 spiro atoms. The highest BCUT2D eigenvalue weighted by molar-refractivity contribution is 7.18. The predicted octanol–water partition coefficient (Wildman–Crippen LogP) is 2.43. The first-order valence-electron chi connectivity index (χ1n) is 6.33. The fraction of sp³-hybridized carbons (Fsp3) is 0.615. The third-order valence-corrected chi connectivity index (χ3v) is 4.88. The van der Waals surface area contributed by atoms with Crippen molar-refractivity contribution >= 4 is 28.7 Å².